The van der Waals surface area contributed by atoms with Crippen LogP contribution < -0.4 is 5.56 Å². The Labute approximate surface area is 147 Å². The van der Waals surface area contributed by atoms with Gasteiger partial charge < -0.3 is 10.2 Å². The lowest BCUT2D eigenvalue weighted by Gasteiger charge is -2.19. The average Bonchev–Trinajstić information content (AvgIpc) is 2.91. The molecule has 2 aromatic heterocycles. The molecule has 7 nitrogen and oxygen atoms in total. The molecule has 0 bridgehead atoms. The number of aryl methyl sites for hydroxylation is 1. The van der Waals surface area contributed by atoms with Crippen molar-refractivity contribution in [3.8, 4) is 0 Å². The first kappa shape index (κ1) is 17.6. The maximum Gasteiger partial charge on any atom is 0.311 e. The van der Waals surface area contributed by atoms with Gasteiger partial charge in [-0.1, -0.05) is 13.8 Å². The predicted molar refractivity (Wildman–Crippen MR) is 93.5 cm³/mol. The third kappa shape index (κ3) is 3.06. The Morgan fingerprint density at radius 3 is 2.68 bits per heavy atom. The van der Waals surface area contributed by atoms with E-state index in [9.17, 15) is 19.5 Å². The second-order valence-corrected chi connectivity index (χ2v) is 7.71. The molecule has 8 heteroatoms. The van der Waals surface area contributed by atoms with E-state index in [0.717, 1.165) is 17.7 Å². The molecule has 1 aliphatic rings. The average molecular weight is 364 g/mol. The van der Waals surface area contributed by atoms with Gasteiger partial charge >= 0.3 is 11.9 Å². The number of aromatic nitrogens is 2. The summed E-state index contributed by atoms with van der Waals surface area (Å²) in [7, 11) is 0. The molecule has 0 aliphatic heterocycles. The van der Waals surface area contributed by atoms with Crippen molar-refractivity contribution in [2.45, 2.75) is 57.9 Å². The molecule has 134 valence electrons. The molecule has 0 spiro atoms. The van der Waals surface area contributed by atoms with Gasteiger partial charge in [-0.15, -0.1) is 11.3 Å². The molecule has 0 aromatic carbocycles. The van der Waals surface area contributed by atoms with Crippen molar-refractivity contribution in [3.63, 3.8) is 0 Å². The number of nitrogens with zero attached hydrogens (tertiary/aromatic N) is 2. The summed E-state index contributed by atoms with van der Waals surface area (Å²) in [5.41, 5.74) is 0.274. The van der Waals surface area contributed by atoms with Crippen molar-refractivity contribution in [1.82, 2.24) is 9.55 Å². The first-order chi connectivity index (χ1) is 11.8. The molecule has 0 amide bonds. The van der Waals surface area contributed by atoms with Gasteiger partial charge in [-0.05, 0) is 24.8 Å². The molecule has 1 aliphatic carbocycles. The zero-order chi connectivity index (χ0) is 18.3. The van der Waals surface area contributed by atoms with Crippen LogP contribution in [0.1, 0.15) is 61.2 Å². The Hall–Kier alpha value is -2.22. The topological polar surface area (TPSA) is 109 Å². The fraction of sp³-hybridized carbons (Fsp3) is 0.529. The lowest BCUT2D eigenvalue weighted by molar-refractivity contribution is -0.139. The van der Waals surface area contributed by atoms with Crippen molar-refractivity contribution in [3.05, 3.63) is 26.6 Å². The number of carboxylic acid groups (broad SMARTS) is 2. The highest BCUT2D eigenvalue weighted by atomic mass is 32.1. The Bertz CT molecular complexity index is 912. The van der Waals surface area contributed by atoms with Crippen LogP contribution in [0.25, 0.3) is 10.2 Å². The number of thiophene rings is 1. The van der Waals surface area contributed by atoms with E-state index in [0.29, 0.717) is 28.0 Å². The largest absolute Gasteiger partial charge is 0.481 e. The number of carbonyl (C=O) groups is 2. The van der Waals surface area contributed by atoms with Gasteiger partial charge in [0.2, 0.25) is 0 Å². The summed E-state index contributed by atoms with van der Waals surface area (Å²) >= 11 is 1.40. The van der Waals surface area contributed by atoms with Gasteiger partial charge in [0, 0.05) is 17.3 Å². The van der Waals surface area contributed by atoms with Gasteiger partial charge in [-0.2, -0.15) is 0 Å². The summed E-state index contributed by atoms with van der Waals surface area (Å²) in [6.07, 6.45) is 1.86. The minimum Gasteiger partial charge on any atom is -0.481 e. The van der Waals surface area contributed by atoms with Crippen LogP contribution in [0.2, 0.25) is 0 Å². The monoisotopic (exact) mass is 364 g/mol. The van der Waals surface area contributed by atoms with E-state index in [1.165, 1.54) is 15.9 Å². The van der Waals surface area contributed by atoms with Crippen molar-refractivity contribution in [1.29, 1.82) is 0 Å². The summed E-state index contributed by atoms with van der Waals surface area (Å²) in [6.45, 7) is 3.84. The van der Waals surface area contributed by atoms with Crippen molar-refractivity contribution in [2.75, 3.05) is 0 Å². The van der Waals surface area contributed by atoms with Gasteiger partial charge in [0.15, 0.2) is 0 Å². The second kappa shape index (κ2) is 6.59. The Morgan fingerprint density at radius 1 is 1.36 bits per heavy atom. The maximum atomic E-state index is 13.1. The van der Waals surface area contributed by atoms with Crippen LogP contribution in [-0.4, -0.2) is 31.7 Å². The zero-order valence-corrected chi connectivity index (χ0v) is 14.9. The summed E-state index contributed by atoms with van der Waals surface area (Å²) in [5, 5.41) is 18.9. The molecule has 1 atom stereocenters. The van der Waals surface area contributed by atoms with Crippen LogP contribution in [0.3, 0.4) is 0 Å². The highest BCUT2D eigenvalue weighted by Crippen LogP contribution is 2.40. The Balaban J connectivity index is 2.28. The highest BCUT2D eigenvalue weighted by molar-refractivity contribution is 7.18. The molecule has 2 aromatic rings. The van der Waals surface area contributed by atoms with Gasteiger partial charge in [0.1, 0.15) is 10.7 Å². The number of hydrogen-bond donors (Lipinski definition) is 2. The number of aliphatic carboxylic acids is 2. The van der Waals surface area contributed by atoms with Crippen LogP contribution >= 0.6 is 11.3 Å². The number of hydrogen-bond acceptors (Lipinski definition) is 5. The van der Waals surface area contributed by atoms with E-state index in [1.54, 1.807) is 0 Å². The predicted octanol–water partition coefficient (Wildman–Crippen LogP) is 2.56. The molecule has 0 radical (unpaired) electrons. The molecule has 3 rings (SSSR count). The third-order valence-electron chi connectivity index (χ3n) is 4.56. The molecule has 25 heavy (non-hydrogen) atoms. The lowest BCUT2D eigenvalue weighted by Crippen LogP contribution is -2.28. The SMILES string of the molecule is CC(C)c1nc2sc3c(c2c(=O)n1CCC(=O)O)C(C(=O)O)CCC3. The fourth-order valence-corrected chi connectivity index (χ4v) is 4.72. The van der Waals surface area contributed by atoms with E-state index in [-0.39, 0.29) is 24.4 Å². The molecule has 2 heterocycles. The molecule has 0 fully saturated rings. The van der Waals surface area contributed by atoms with E-state index in [1.807, 2.05) is 13.8 Å². The minimum absolute atomic E-state index is 0.0347. The standard InChI is InChI=1S/C17H20N2O5S/c1-8(2)14-18-15-13(16(22)19(14)7-6-11(20)21)12-9(17(23)24)4-3-5-10(12)25-15/h8-9H,3-7H2,1-2H3,(H,20,21)(H,23,24). The second-order valence-electron chi connectivity index (χ2n) is 6.63. The van der Waals surface area contributed by atoms with Crippen molar-refractivity contribution >= 4 is 33.5 Å². The van der Waals surface area contributed by atoms with Crippen LogP contribution in [0, 0.1) is 0 Å². The van der Waals surface area contributed by atoms with E-state index >= 15 is 0 Å². The summed E-state index contributed by atoms with van der Waals surface area (Å²) < 4.78 is 1.40. The van der Waals surface area contributed by atoms with Gasteiger partial charge in [0.25, 0.3) is 5.56 Å². The Morgan fingerprint density at radius 2 is 2.08 bits per heavy atom. The van der Waals surface area contributed by atoms with Gasteiger partial charge in [0.05, 0.1) is 17.7 Å². The summed E-state index contributed by atoms with van der Waals surface area (Å²) in [6, 6.07) is 0. The van der Waals surface area contributed by atoms with Crippen LogP contribution in [0.4, 0.5) is 0 Å². The van der Waals surface area contributed by atoms with Crippen LogP contribution in [-0.2, 0) is 22.6 Å². The zero-order valence-electron chi connectivity index (χ0n) is 14.1. The number of rotatable bonds is 5. The Kier molecular flexibility index (Phi) is 4.64. The third-order valence-corrected chi connectivity index (χ3v) is 5.72. The van der Waals surface area contributed by atoms with E-state index in [2.05, 4.69) is 4.98 Å². The first-order valence-electron chi connectivity index (χ1n) is 8.31. The molecular formula is C17H20N2O5S. The summed E-state index contributed by atoms with van der Waals surface area (Å²) in [4.78, 5) is 41.8. The van der Waals surface area contributed by atoms with Gasteiger partial charge in [-0.25, -0.2) is 4.98 Å². The molecule has 0 saturated heterocycles. The lowest BCUT2D eigenvalue weighted by atomic mass is 9.86. The summed E-state index contributed by atoms with van der Waals surface area (Å²) in [5.74, 6) is -2.10. The number of carboxylic acids is 2. The smallest absolute Gasteiger partial charge is 0.311 e. The maximum absolute atomic E-state index is 13.1. The fourth-order valence-electron chi connectivity index (χ4n) is 3.44. The van der Waals surface area contributed by atoms with Crippen LogP contribution in [0.5, 0.6) is 0 Å². The van der Waals surface area contributed by atoms with Gasteiger partial charge in [-0.3, -0.25) is 19.0 Å². The van der Waals surface area contributed by atoms with E-state index < -0.39 is 17.9 Å². The van der Waals surface area contributed by atoms with Crippen molar-refractivity contribution < 1.29 is 19.8 Å². The quantitative estimate of drug-likeness (QED) is 0.844. The molecule has 0 saturated carbocycles. The molecule has 2 N–H and O–H groups in total. The minimum atomic E-state index is -0.988. The normalized spacial score (nSPS) is 17.0. The highest BCUT2D eigenvalue weighted by Gasteiger charge is 2.32. The molecular weight excluding hydrogens is 344 g/mol. The van der Waals surface area contributed by atoms with E-state index in [4.69, 9.17) is 5.11 Å². The van der Waals surface area contributed by atoms with Crippen molar-refractivity contribution in [2.24, 2.45) is 0 Å². The molecule has 1 unspecified atom stereocenters. The first-order valence-corrected chi connectivity index (χ1v) is 9.13. The number of fused-ring (bicyclic) bond motifs is 3. The van der Waals surface area contributed by atoms with Crippen LogP contribution in [0.15, 0.2) is 4.79 Å².